The maximum Gasteiger partial charge on any atom is 0.341 e. The van der Waals surface area contributed by atoms with Gasteiger partial charge in [0.25, 0.3) is 5.91 Å². The molecule has 0 bridgehead atoms. The number of carbonyl (C=O) groups is 4. The van der Waals surface area contributed by atoms with Gasteiger partial charge in [-0.2, -0.15) is 0 Å². The van der Waals surface area contributed by atoms with E-state index in [1.54, 1.807) is 38.1 Å². The molecule has 1 fully saturated rings. The van der Waals surface area contributed by atoms with E-state index in [1.807, 2.05) is 0 Å². The van der Waals surface area contributed by atoms with Crippen molar-refractivity contribution in [2.24, 2.45) is 5.92 Å². The number of ether oxygens (including phenoxy) is 1. The van der Waals surface area contributed by atoms with Crippen LogP contribution in [0.5, 0.6) is 0 Å². The number of hydrogen-bond acceptors (Lipinski definition) is 6. The highest BCUT2D eigenvalue weighted by Gasteiger charge is 2.31. The fourth-order valence-corrected chi connectivity index (χ4v) is 5.52. The molecule has 2 aromatic rings. The maximum atomic E-state index is 12.9. The Bertz CT molecular complexity index is 1070. The number of carbonyl (C=O) groups excluding carboxylic acids is 4. The van der Waals surface area contributed by atoms with Crippen LogP contribution in [-0.2, 0) is 27.2 Å². The average molecular weight is 455 g/mol. The largest absolute Gasteiger partial charge is 0.459 e. The van der Waals surface area contributed by atoms with Crippen molar-refractivity contribution in [1.29, 1.82) is 0 Å². The SMILES string of the molecule is CC1CCc2c(sc(NC(=O)c3ccc(N4C(=O)CCC4=O)cc3)c2C(=O)OC(C)C)C1. The number of esters is 1. The number of fused-ring (bicyclic) bond motifs is 1. The summed E-state index contributed by atoms with van der Waals surface area (Å²) in [6.07, 6.45) is 2.82. The average Bonchev–Trinajstić information content (AvgIpc) is 3.26. The molecule has 3 amide bonds. The molecule has 1 aliphatic heterocycles. The van der Waals surface area contributed by atoms with Crippen molar-refractivity contribution in [3.8, 4) is 0 Å². The number of anilines is 2. The zero-order valence-electron chi connectivity index (χ0n) is 18.4. The van der Waals surface area contributed by atoms with Gasteiger partial charge in [-0.25, -0.2) is 4.79 Å². The number of benzene rings is 1. The van der Waals surface area contributed by atoms with E-state index in [-0.39, 0.29) is 36.7 Å². The third kappa shape index (κ3) is 4.32. The van der Waals surface area contributed by atoms with Crippen LogP contribution in [0.2, 0.25) is 0 Å². The molecule has 8 heteroatoms. The molecule has 0 saturated carbocycles. The summed E-state index contributed by atoms with van der Waals surface area (Å²) in [5.41, 5.74) is 2.27. The number of amides is 3. The summed E-state index contributed by atoms with van der Waals surface area (Å²) in [7, 11) is 0. The second kappa shape index (κ2) is 8.86. The Balaban J connectivity index is 1.58. The highest BCUT2D eigenvalue weighted by Crippen LogP contribution is 2.40. The van der Waals surface area contributed by atoms with Crippen LogP contribution in [0.4, 0.5) is 10.7 Å². The number of thiophene rings is 1. The molecule has 168 valence electrons. The highest BCUT2D eigenvalue weighted by molar-refractivity contribution is 7.17. The lowest BCUT2D eigenvalue weighted by atomic mass is 9.88. The summed E-state index contributed by atoms with van der Waals surface area (Å²) >= 11 is 1.44. The molecule has 1 aliphatic carbocycles. The first-order chi connectivity index (χ1) is 15.2. The van der Waals surface area contributed by atoms with E-state index >= 15 is 0 Å². The lowest BCUT2D eigenvalue weighted by molar-refractivity contribution is -0.121. The summed E-state index contributed by atoms with van der Waals surface area (Å²) in [6.45, 7) is 5.79. The van der Waals surface area contributed by atoms with Crippen molar-refractivity contribution >= 4 is 45.7 Å². The molecule has 2 heterocycles. The summed E-state index contributed by atoms with van der Waals surface area (Å²) in [5, 5.41) is 3.40. The standard InChI is InChI=1S/C24H26N2O5S/c1-13(2)31-24(30)21-17-9-4-14(3)12-18(17)32-23(21)25-22(29)15-5-7-16(8-6-15)26-19(27)10-11-20(26)28/h5-8,13-14H,4,9-12H2,1-3H3,(H,25,29). The first-order valence-electron chi connectivity index (χ1n) is 10.9. The van der Waals surface area contributed by atoms with Gasteiger partial charge in [0.1, 0.15) is 5.00 Å². The Hall–Kier alpha value is -3.00. The van der Waals surface area contributed by atoms with Crippen molar-refractivity contribution in [2.75, 3.05) is 10.2 Å². The lowest BCUT2D eigenvalue weighted by Crippen LogP contribution is -2.28. The van der Waals surface area contributed by atoms with Gasteiger partial charge in [-0.15, -0.1) is 11.3 Å². The van der Waals surface area contributed by atoms with Gasteiger partial charge in [-0.1, -0.05) is 6.92 Å². The predicted molar refractivity (Wildman–Crippen MR) is 122 cm³/mol. The molecule has 7 nitrogen and oxygen atoms in total. The first kappa shape index (κ1) is 22.2. The van der Waals surface area contributed by atoms with E-state index < -0.39 is 5.97 Å². The summed E-state index contributed by atoms with van der Waals surface area (Å²) in [6, 6.07) is 6.33. The third-order valence-corrected chi connectivity index (χ3v) is 6.89. The number of nitrogens with zero attached hydrogens (tertiary/aromatic N) is 1. The monoisotopic (exact) mass is 454 g/mol. The number of nitrogens with one attached hydrogen (secondary N) is 1. The smallest absolute Gasteiger partial charge is 0.341 e. The van der Waals surface area contributed by atoms with Crippen molar-refractivity contribution in [3.05, 3.63) is 45.8 Å². The normalized spacial score (nSPS) is 18.1. The minimum Gasteiger partial charge on any atom is -0.459 e. The van der Waals surface area contributed by atoms with Gasteiger partial charge in [0.05, 0.1) is 17.4 Å². The van der Waals surface area contributed by atoms with Crippen LogP contribution in [0, 0.1) is 5.92 Å². The maximum absolute atomic E-state index is 12.9. The fourth-order valence-electron chi connectivity index (χ4n) is 4.13. The summed E-state index contributed by atoms with van der Waals surface area (Å²) in [5.74, 6) is -0.718. The molecule has 1 saturated heterocycles. The minimum absolute atomic E-state index is 0.206. The van der Waals surface area contributed by atoms with E-state index in [0.29, 0.717) is 27.7 Å². The van der Waals surface area contributed by atoms with E-state index in [1.165, 1.54) is 11.3 Å². The van der Waals surface area contributed by atoms with E-state index in [9.17, 15) is 19.2 Å². The molecule has 32 heavy (non-hydrogen) atoms. The molecule has 1 aromatic carbocycles. The second-order valence-electron chi connectivity index (χ2n) is 8.63. The van der Waals surface area contributed by atoms with Gasteiger partial charge in [-0.05, 0) is 68.9 Å². The van der Waals surface area contributed by atoms with Gasteiger partial charge in [0, 0.05) is 23.3 Å². The predicted octanol–water partition coefficient (Wildman–Crippen LogP) is 4.34. The Labute approximate surface area is 190 Å². The second-order valence-corrected chi connectivity index (χ2v) is 9.74. The molecule has 1 aromatic heterocycles. The van der Waals surface area contributed by atoms with Crippen molar-refractivity contribution in [3.63, 3.8) is 0 Å². The lowest BCUT2D eigenvalue weighted by Gasteiger charge is -2.19. The van der Waals surface area contributed by atoms with Gasteiger partial charge in [0.15, 0.2) is 0 Å². The number of hydrogen-bond donors (Lipinski definition) is 1. The fraction of sp³-hybridized carbons (Fsp3) is 0.417. The minimum atomic E-state index is -0.413. The summed E-state index contributed by atoms with van der Waals surface area (Å²) < 4.78 is 5.46. The van der Waals surface area contributed by atoms with Crippen LogP contribution in [0.25, 0.3) is 0 Å². The van der Waals surface area contributed by atoms with Crippen LogP contribution in [0.3, 0.4) is 0 Å². The van der Waals surface area contributed by atoms with Gasteiger partial charge in [-0.3, -0.25) is 19.3 Å². The molecule has 0 spiro atoms. The Morgan fingerprint density at radius 2 is 1.75 bits per heavy atom. The van der Waals surface area contributed by atoms with E-state index in [0.717, 1.165) is 34.6 Å². The van der Waals surface area contributed by atoms with Crippen molar-refractivity contribution in [2.45, 2.75) is 59.0 Å². The molecular weight excluding hydrogens is 428 g/mol. The topological polar surface area (TPSA) is 92.8 Å². The zero-order valence-corrected chi connectivity index (χ0v) is 19.2. The van der Waals surface area contributed by atoms with Crippen LogP contribution in [0.1, 0.15) is 71.2 Å². The van der Waals surface area contributed by atoms with Crippen LogP contribution in [0.15, 0.2) is 24.3 Å². The third-order valence-electron chi connectivity index (χ3n) is 5.72. The van der Waals surface area contributed by atoms with Crippen LogP contribution < -0.4 is 10.2 Å². The van der Waals surface area contributed by atoms with Gasteiger partial charge < -0.3 is 10.1 Å². The number of rotatable bonds is 5. The van der Waals surface area contributed by atoms with E-state index in [2.05, 4.69) is 12.2 Å². The quantitative estimate of drug-likeness (QED) is 0.536. The van der Waals surface area contributed by atoms with Gasteiger partial charge in [0.2, 0.25) is 11.8 Å². The van der Waals surface area contributed by atoms with Crippen LogP contribution >= 0.6 is 11.3 Å². The molecular formula is C24H26N2O5S. The molecule has 1 unspecified atom stereocenters. The number of imide groups is 1. The highest BCUT2D eigenvalue weighted by atomic mass is 32.1. The molecule has 1 N–H and O–H groups in total. The molecule has 1 atom stereocenters. The first-order valence-corrected chi connectivity index (χ1v) is 11.7. The Morgan fingerprint density at radius 1 is 1.09 bits per heavy atom. The summed E-state index contributed by atoms with van der Waals surface area (Å²) in [4.78, 5) is 51.9. The Kier molecular flexibility index (Phi) is 6.15. The zero-order chi connectivity index (χ0) is 23.0. The molecule has 2 aliphatic rings. The van der Waals surface area contributed by atoms with Crippen LogP contribution in [-0.4, -0.2) is 29.8 Å². The van der Waals surface area contributed by atoms with Gasteiger partial charge >= 0.3 is 5.97 Å². The molecule has 4 rings (SSSR count). The van der Waals surface area contributed by atoms with Crippen molar-refractivity contribution in [1.82, 2.24) is 0 Å². The Morgan fingerprint density at radius 3 is 2.38 bits per heavy atom. The van der Waals surface area contributed by atoms with E-state index in [4.69, 9.17) is 4.74 Å². The molecule has 0 radical (unpaired) electrons. The van der Waals surface area contributed by atoms with Crippen molar-refractivity contribution < 1.29 is 23.9 Å².